The summed E-state index contributed by atoms with van der Waals surface area (Å²) in [4.78, 5) is 12.3. The molecule has 4 rings (SSSR count). The Balaban J connectivity index is 1.62. The third kappa shape index (κ3) is 3.89. The molecular weight excluding hydrogens is 376 g/mol. The number of carbonyl (C=O) groups excluding carboxylic acids is 1. The van der Waals surface area contributed by atoms with Crippen molar-refractivity contribution in [3.8, 4) is 10.7 Å². The van der Waals surface area contributed by atoms with Gasteiger partial charge in [-0.3, -0.25) is 4.79 Å². The molecule has 27 heavy (non-hydrogen) atoms. The number of fused-ring (bicyclic) bond motifs is 1. The average Bonchev–Trinajstić information content (AvgIpc) is 3.34. The molecule has 2 aromatic heterocycles. The summed E-state index contributed by atoms with van der Waals surface area (Å²) in [6.07, 6.45) is 0.262. The fourth-order valence-electron chi connectivity index (χ4n) is 2.97. The Bertz CT molecular complexity index is 1070. The Morgan fingerprint density at radius 2 is 1.93 bits per heavy atom. The minimum atomic E-state index is -0.328. The summed E-state index contributed by atoms with van der Waals surface area (Å²) in [5.41, 5.74) is 6.61. The number of thioether (sulfide) groups is 1. The van der Waals surface area contributed by atoms with Crippen molar-refractivity contribution in [2.75, 3.05) is 0 Å². The van der Waals surface area contributed by atoms with E-state index in [4.69, 9.17) is 5.73 Å². The number of aromatic nitrogens is 3. The molecule has 2 heterocycles. The number of benzene rings is 2. The van der Waals surface area contributed by atoms with Crippen LogP contribution >= 0.6 is 23.1 Å². The van der Waals surface area contributed by atoms with Gasteiger partial charge in [-0.25, -0.2) is 0 Å². The third-order valence-corrected chi connectivity index (χ3v) is 6.16. The van der Waals surface area contributed by atoms with E-state index in [-0.39, 0.29) is 12.3 Å². The van der Waals surface area contributed by atoms with Crippen molar-refractivity contribution in [3.05, 3.63) is 65.5 Å². The molecule has 0 aliphatic carbocycles. The molecule has 0 radical (unpaired) electrons. The second-order valence-corrected chi connectivity index (χ2v) is 7.97. The van der Waals surface area contributed by atoms with Gasteiger partial charge in [0.2, 0.25) is 5.91 Å². The Kier molecular flexibility index (Phi) is 5.22. The van der Waals surface area contributed by atoms with Crippen molar-refractivity contribution >= 4 is 39.8 Å². The Morgan fingerprint density at radius 1 is 1.07 bits per heavy atom. The number of hydrogen-bond acceptors (Lipinski definition) is 5. The molecule has 7 heteroatoms. The highest BCUT2D eigenvalue weighted by Crippen LogP contribution is 2.30. The van der Waals surface area contributed by atoms with Crippen LogP contribution in [-0.4, -0.2) is 20.7 Å². The highest BCUT2D eigenvalue weighted by molar-refractivity contribution is 7.98. The number of nitrogens with zero attached hydrogens (tertiary/aromatic N) is 3. The lowest BCUT2D eigenvalue weighted by atomic mass is 10.1. The van der Waals surface area contributed by atoms with Crippen LogP contribution in [-0.2, 0) is 17.1 Å². The van der Waals surface area contributed by atoms with Gasteiger partial charge in [0, 0.05) is 18.7 Å². The number of carbonyl (C=O) groups is 1. The normalized spacial score (nSPS) is 11.1. The van der Waals surface area contributed by atoms with Crippen LogP contribution in [0, 0.1) is 0 Å². The first-order valence-corrected chi connectivity index (χ1v) is 10.4. The molecule has 1 amide bonds. The maximum Gasteiger partial charge on any atom is 0.219 e. The van der Waals surface area contributed by atoms with Crippen LogP contribution in [0.1, 0.15) is 12.0 Å². The predicted octanol–water partition coefficient (Wildman–Crippen LogP) is 4.33. The topological polar surface area (TPSA) is 73.8 Å². The van der Waals surface area contributed by atoms with Gasteiger partial charge in [-0.05, 0) is 27.8 Å². The van der Waals surface area contributed by atoms with Crippen LogP contribution in [0.4, 0.5) is 0 Å². The Morgan fingerprint density at radius 3 is 2.74 bits per heavy atom. The van der Waals surface area contributed by atoms with Crippen LogP contribution in [0.15, 0.2) is 65.1 Å². The summed E-state index contributed by atoms with van der Waals surface area (Å²) in [5, 5.41) is 14.0. The molecule has 0 aliphatic rings. The molecule has 0 fully saturated rings. The Hall–Kier alpha value is -2.64. The summed E-state index contributed by atoms with van der Waals surface area (Å²) < 4.78 is 1.99. The Labute approximate surface area is 165 Å². The van der Waals surface area contributed by atoms with Crippen LogP contribution < -0.4 is 5.73 Å². The SMILES string of the molecule is NC(=O)CCn1c(SCc2cccc3ccccc23)nnc1-c1cccs1. The lowest BCUT2D eigenvalue weighted by molar-refractivity contribution is -0.118. The van der Waals surface area contributed by atoms with Gasteiger partial charge in [0.25, 0.3) is 0 Å². The quantitative estimate of drug-likeness (QED) is 0.474. The van der Waals surface area contributed by atoms with Gasteiger partial charge in [0.05, 0.1) is 4.88 Å². The van der Waals surface area contributed by atoms with Gasteiger partial charge >= 0.3 is 0 Å². The zero-order valence-electron chi connectivity index (χ0n) is 14.5. The molecule has 0 saturated heterocycles. The molecule has 0 saturated carbocycles. The molecule has 4 aromatic rings. The predicted molar refractivity (Wildman–Crippen MR) is 111 cm³/mol. The molecule has 0 atom stereocenters. The van der Waals surface area contributed by atoms with E-state index in [1.807, 2.05) is 28.1 Å². The van der Waals surface area contributed by atoms with E-state index in [1.54, 1.807) is 23.1 Å². The molecule has 0 aliphatic heterocycles. The summed E-state index contributed by atoms with van der Waals surface area (Å²) in [6.45, 7) is 0.480. The minimum absolute atomic E-state index is 0.262. The molecule has 5 nitrogen and oxygen atoms in total. The van der Waals surface area contributed by atoms with E-state index in [2.05, 4.69) is 46.6 Å². The van der Waals surface area contributed by atoms with E-state index in [9.17, 15) is 4.79 Å². The highest BCUT2D eigenvalue weighted by Gasteiger charge is 2.16. The fourth-order valence-corrected chi connectivity index (χ4v) is 4.65. The molecule has 0 spiro atoms. The maximum atomic E-state index is 11.3. The van der Waals surface area contributed by atoms with E-state index < -0.39 is 0 Å². The first kappa shape index (κ1) is 17.8. The second-order valence-electron chi connectivity index (χ2n) is 6.08. The van der Waals surface area contributed by atoms with Gasteiger partial charge < -0.3 is 10.3 Å². The van der Waals surface area contributed by atoms with Crippen molar-refractivity contribution < 1.29 is 4.79 Å². The first-order valence-electron chi connectivity index (χ1n) is 8.57. The zero-order valence-corrected chi connectivity index (χ0v) is 16.2. The average molecular weight is 395 g/mol. The molecular formula is C20H18N4OS2. The zero-order chi connectivity index (χ0) is 18.6. The highest BCUT2D eigenvalue weighted by atomic mass is 32.2. The van der Waals surface area contributed by atoms with Crippen LogP contribution in [0.25, 0.3) is 21.5 Å². The van der Waals surface area contributed by atoms with E-state index in [0.29, 0.717) is 6.54 Å². The maximum absolute atomic E-state index is 11.3. The standard InChI is InChI=1S/C20H18N4OS2/c21-18(25)10-11-24-19(17-9-4-12-26-17)22-23-20(24)27-13-15-7-3-6-14-5-1-2-8-16(14)15/h1-9,12H,10-11,13H2,(H2,21,25). The summed E-state index contributed by atoms with van der Waals surface area (Å²) in [7, 11) is 0. The lowest BCUT2D eigenvalue weighted by Crippen LogP contribution is -2.14. The first-order chi connectivity index (χ1) is 13.2. The van der Waals surface area contributed by atoms with Crippen molar-refractivity contribution in [1.29, 1.82) is 0 Å². The lowest BCUT2D eigenvalue weighted by Gasteiger charge is -2.09. The molecule has 136 valence electrons. The van der Waals surface area contributed by atoms with Gasteiger partial charge in [-0.15, -0.1) is 21.5 Å². The summed E-state index contributed by atoms with van der Waals surface area (Å²) in [5.74, 6) is 1.23. The van der Waals surface area contributed by atoms with Crippen LogP contribution in [0.5, 0.6) is 0 Å². The van der Waals surface area contributed by atoms with E-state index in [0.717, 1.165) is 21.6 Å². The number of hydrogen-bond donors (Lipinski definition) is 1. The molecule has 2 aromatic carbocycles. The van der Waals surface area contributed by atoms with E-state index >= 15 is 0 Å². The van der Waals surface area contributed by atoms with Gasteiger partial charge in [0.1, 0.15) is 0 Å². The second kappa shape index (κ2) is 7.94. The fraction of sp³-hybridized carbons (Fsp3) is 0.150. The van der Waals surface area contributed by atoms with Gasteiger partial charge in [0.15, 0.2) is 11.0 Å². The van der Waals surface area contributed by atoms with E-state index in [1.165, 1.54) is 16.3 Å². The van der Waals surface area contributed by atoms with Gasteiger partial charge in [-0.2, -0.15) is 0 Å². The van der Waals surface area contributed by atoms with Crippen LogP contribution in [0.3, 0.4) is 0 Å². The smallest absolute Gasteiger partial charge is 0.219 e. The largest absolute Gasteiger partial charge is 0.370 e. The summed E-state index contributed by atoms with van der Waals surface area (Å²) >= 11 is 3.23. The molecule has 0 unspecified atom stereocenters. The van der Waals surface area contributed by atoms with Crippen molar-refractivity contribution in [1.82, 2.24) is 14.8 Å². The summed E-state index contributed by atoms with van der Waals surface area (Å²) in [6, 6.07) is 18.7. The minimum Gasteiger partial charge on any atom is -0.370 e. The number of rotatable bonds is 7. The van der Waals surface area contributed by atoms with Crippen molar-refractivity contribution in [2.24, 2.45) is 5.73 Å². The molecule has 0 bridgehead atoms. The van der Waals surface area contributed by atoms with Crippen LogP contribution in [0.2, 0.25) is 0 Å². The van der Waals surface area contributed by atoms with Crippen molar-refractivity contribution in [3.63, 3.8) is 0 Å². The van der Waals surface area contributed by atoms with Crippen molar-refractivity contribution in [2.45, 2.75) is 23.9 Å². The molecule has 2 N–H and O–H groups in total. The number of primary amides is 1. The number of amides is 1. The number of nitrogens with two attached hydrogens (primary N) is 1. The van der Waals surface area contributed by atoms with Gasteiger partial charge in [-0.1, -0.05) is 60.3 Å². The number of thiophene rings is 1. The third-order valence-electron chi connectivity index (χ3n) is 4.28. The monoisotopic (exact) mass is 394 g/mol.